The molecule has 0 atom stereocenters. The largest absolute Gasteiger partial charge is 0.376 e. The minimum Gasteiger partial charge on any atom is -0.376 e. The molecule has 6 heteroatoms. The number of benzene rings is 2. The Hall–Kier alpha value is -2.14. The van der Waals surface area contributed by atoms with Crippen LogP contribution in [0.25, 0.3) is 0 Å². The molecule has 0 heterocycles. The molecule has 0 aromatic heterocycles. The molecule has 2 rings (SSSR count). The Balaban J connectivity index is 2.34. The van der Waals surface area contributed by atoms with Crippen molar-refractivity contribution in [2.24, 2.45) is 5.73 Å². The number of rotatable bonds is 5. The van der Waals surface area contributed by atoms with Crippen LogP contribution in [0.15, 0.2) is 36.4 Å². The molecule has 3 N–H and O–H groups in total. The number of anilines is 1. The van der Waals surface area contributed by atoms with Crippen molar-refractivity contribution in [1.29, 1.82) is 0 Å². The molecule has 2 aromatic rings. The van der Waals surface area contributed by atoms with Crippen LogP contribution in [0.2, 0.25) is 5.02 Å². The van der Waals surface area contributed by atoms with Gasteiger partial charge in [-0.05, 0) is 35.9 Å². The van der Waals surface area contributed by atoms with E-state index in [-0.39, 0.29) is 18.5 Å². The summed E-state index contributed by atoms with van der Waals surface area (Å²) in [5.41, 5.74) is 6.15. The fourth-order valence-electron chi connectivity index (χ4n) is 1.96. The van der Waals surface area contributed by atoms with Gasteiger partial charge in [-0.3, -0.25) is 4.79 Å². The quantitative estimate of drug-likeness (QED) is 0.891. The molecule has 0 aliphatic carbocycles. The van der Waals surface area contributed by atoms with Gasteiger partial charge in [-0.25, -0.2) is 8.78 Å². The summed E-state index contributed by atoms with van der Waals surface area (Å²) in [4.78, 5) is 10.8. The number of carbonyl (C=O) groups excluding carboxylic acids is 1. The average molecular weight is 311 g/mol. The zero-order valence-electron chi connectivity index (χ0n) is 11.0. The van der Waals surface area contributed by atoms with Crippen molar-refractivity contribution in [1.82, 2.24) is 0 Å². The number of nitrogens with one attached hydrogen (secondary N) is 1. The highest BCUT2D eigenvalue weighted by Crippen LogP contribution is 2.25. The summed E-state index contributed by atoms with van der Waals surface area (Å²) in [5, 5.41) is 3.26. The third-order valence-electron chi connectivity index (χ3n) is 2.95. The maximum absolute atomic E-state index is 13.7. The van der Waals surface area contributed by atoms with Crippen LogP contribution in [-0.4, -0.2) is 12.5 Å². The highest BCUT2D eigenvalue weighted by atomic mass is 35.5. The first kappa shape index (κ1) is 15.3. The van der Waals surface area contributed by atoms with E-state index in [0.29, 0.717) is 16.3 Å². The second kappa shape index (κ2) is 6.54. The molecule has 0 saturated heterocycles. The molecule has 3 nitrogen and oxygen atoms in total. The molecule has 0 spiro atoms. The van der Waals surface area contributed by atoms with Gasteiger partial charge in [-0.15, -0.1) is 0 Å². The molecule has 0 aliphatic heterocycles. The number of halogens is 3. The van der Waals surface area contributed by atoms with Crippen molar-refractivity contribution < 1.29 is 13.6 Å². The summed E-state index contributed by atoms with van der Waals surface area (Å²) in [6, 6.07) is 8.54. The molecule has 110 valence electrons. The summed E-state index contributed by atoms with van der Waals surface area (Å²) in [5.74, 6) is -1.79. The second-order valence-electron chi connectivity index (χ2n) is 4.50. The fraction of sp³-hybridized carbons (Fsp3) is 0.133. The molecule has 0 fully saturated rings. The van der Waals surface area contributed by atoms with Gasteiger partial charge in [0.15, 0.2) is 0 Å². The SMILES string of the molecule is NC(=O)CNc1ccc(Cl)cc1Cc1c(F)cccc1F. The second-order valence-corrected chi connectivity index (χ2v) is 4.93. The Morgan fingerprint density at radius 3 is 2.48 bits per heavy atom. The molecule has 0 aliphatic rings. The van der Waals surface area contributed by atoms with Crippen LogP contribution in [0.1, 0.15) is 11.1 Å². The van der Waals surface area contributed by atoms with Gasteiger partial charge >= 0.3 is 0 Å². The Labute approximate surface area is 125 Å². The topological polar surface area (TPSA) is 55.1 Å². The van der Waals surface area contributed by atoms with Gasteiger partial charge in [0.25, 0.3) is 0 Å². The van der Waals surface area contributed by atoms with Gasteiger partial charge in [0, 0.05) is 22.7 Å². The van der Waals surface area contributed by atoms with Crippen LogP contribution in [0.5, 0.6) is 0 Å². The lowest BCUT2D eigenvalue weighted by atomic mass is 10.0. The number of nitrogens with two attached hydrogens (primary N) is 1. The summed E-state index contributed by atoms with van der Waals surface area (Å²) in [7, 11) is 0. The lowest BCUT2D eigenvalue weighted by Gasteiger charge is -2.12. The molecule has 1 amide bonds. The van der Waals surface area contributed by atoms with Crippen LogP contribution in [0.4, 0.5) is 14.5 Å². The zero-order chi connectivity index (χ0) is 15.4. The van der Waals surface area contributed by atoms with E-state index in [1.165, 1.54) is 18.2 Å². The Kier molecular flexibility index (Phi) is 4.75. The fourth-order valence-corrected chi connectivity index (χ4v) is 2.15. The van der Waals surface area contributed by atoms with Crippen LogP contribution < -0.4 is 11.1 Å². The molecule has 0 saturated carbocycles. The van der Waals surface area contributed by atoms with Gasteiger partial charge in [-0.2, -0.15) is 0 Å². The zero-order valence-corrected chi connectivity index (χ0v) is 11.8. The minimum absolute atomic E-state index is 0.0140. The van der Waals surface area contributed by atoms with Crippen molar-refractivity contribution in [3.8, 4) is 0 Å². The van der Waals surface area contributed by atoms with E-state index in [1.54, 1.807) is 18.2 Å². The summed E-state index contributed by atoms with van der Waals surface area (Å²) >= 11 is 5.92. The van der Waals surface area contributed by atoms with Crippen LogP contribution in [-0.2, 0) is 11.2 Å². The number of amides is 1. The first-order valence-electron chi connectivity index (χ1n) is 6.21. The average Bonchev–Trinajstić information content (AvgIpc) is 2.42. The van der Waals surface area contributed by atoms with E-state index >= 15 is 0 Å². The highest BCUT2D eigenvalue weighted by molar-refractivity contribution is 6.30. The van der Waals surface area contributed by atoms with E-state index in [4.69, 9.17) is 17.3 Å². The van der Waals surface area contributed by atoms with E-state index in [1.807, 2.05) is 0 Å². The van der Waals surface area contributed by atoms with Gasteiger partial charge in [0.05, 0.1) is 6.54 Å². The van der Waals surface area contributed by atoms with Crippen molar-refractivity contribution in [2.45, 2.75) is 6.42 Å². The van der Waals surface area contributed by atoms with Crippen molar-refractivity contribution >= 4 is 23.2 Å². The monoisotopic (exact) mass is 310 g/mol. The van der Waals surface area contributed by atoms with Crippen molar-refractivity contribution in [3.05, 3.63) is 64.2 Å². The first-order valence-corrected chi connectivity index (χ1v) is 6.58. The minimum atomic E-state index is -0.629. The normalized spacial score (nSPS) is 10.4. The van der Waals surface area contributed by atoms with Crippen molar-refractivity contribution in [3.63, 3.8) is 0 Å². The van der Waals surface area contributed by atoms with Crippen molar-refractivity contribution in [2.75, 3.05) is 11.9 Å². The molecular formula is C15H13ClF2N2O. The lowest BCUT2D eigenvalue weighted by molar-refractivity contribution is -0.116. The molecule has 0 bridgehead atoms. The van der Waals surface area contributed by atoms with E-state index in [9.17, 15) is 13.6 Å². The Morgan fingerprint density at radius 2 is 1.86 bits per heavy atom. The van der Waals surface area contributed by atoms with Gasteiger partial charge in [0.1, 0.15) is 11.6 Å². The standard InChI is InChI=1S/C15H13ClF2N2O/c16-10-4-5-14(20-8-15(19)21)9(6-10)7-11-12(17)2-1-3-13(11)18/h1-6,20H,7-8H2,(H2,19,21). The van der Waals surface area contributed by atoms with Crippen LogP contribution in [0, 0.1) is 11.6 Å². The molecule has 21 heavy (non-hydrogen) atoms. The van der Waals surface area contributed by atoms with E-state index in [0.717, 1.165) is 0 Å². The number of hydrogen-bond acceptors (Lipinski definition) is 2. The van der Waals surface area contributed by atoms with Gasteiger partial charge in [0.2, 0.25) is 5.91 Å². The van der Waals surface area contributed by atoms with Gasteiger partial charge < -0.3 is 11.1 Å². The predicted octanol–water partition coefficient (Wildman–Crippen LogP) is 3.11. The number of carbonyl (C=O) groups is 1. The Morgan fingerprint density at radius 1 is 1.19 bits per heavy atom. The first-order chi connectivity index (χ1) is 9.97. The van der Waals surface area contributed by atoms with E-state index < -0.39 is 17.5 Å². The summed E-state index contributed by atoms with van der Waals surface area (Å²) < 4.78 is 27.4. The maximum Gasteiger partial charge on any atom is 0.236 e. The third kappa shape index (κ3) is 3.92. The molecule has 2 aromatic carbocycles. The highest BCUT2D eigenvalue weighted by Gasteiger charge is 2.12. The molecule has 0 unspecified atom stereocenters. The number of hydrogen-bond donors (Lipinski definition) is 2. The maximum atomic E-state index is 13.7. The van der Waals surface area contributed by atoms with Gasteiger partial charge in [-0.1, -0.05) is 17.7 Å². The van der Waals surface area contributed by atoms with Crippen LogP contribution in [0.3, 0.4) is 0 Å². The Bertz CT molecular complexity index is 656. The third-order valence-corrected chi connectivity index (χ3v) is 3.18. The van der Waals surface area contributed by atoms with E-state index in [2.05, 4.69) is 5.32 Å². The smallest absolute Gasteiger partial charge is 0.236 e. The lowest BCUT2D eigenvalue weighted by Crippen LogP contribution is -2.22. The predicted molar refractivity (Wildman–Crippen MR) is 78.3 cm³/mol. The summed E-state index contributed by atoms with van der Waals surface area (Å²) in [6.07, 6.45) is 0.0140. The summed E-state index contributed by atoms with van der Waals surface area (Å²) in [6.45, 7) is -0.0750. The molecule has 0 radical (unpaired) electrons. The van der Waals surface area contributed by atoms with Crippen LogP contribution >= 0.6 is 11.6 Å². The molecular weight excluding hydrogens is 298 g/mol. The number of primary amides is 1.